The number of carbonyl (C=O) groups is 1. The van der Waals surface area contributed by atoms with Crippen LogP contribution in [0.4, 0.5) is 8.78 Å². The number of aliphatic hydroxyl groups is 1. The van der Waals surface area contributed by atoms with Crippen LogP contribution in [0.1, 0.15) is 39.0 Å². The zero-order valence-electron chi connectivity index (χ0n) is 10.3. The molecule has 0 radical (unpaired) electrons. The summed E-state index contributed by atoms with van der Waals surface area (Å²) in [6, 6.07) is 0. The molecule has 100 valence electrons. The van der Waals surface area contributed by atoms with Crippen molar-refractivity contribution < 1.29 is 18.7 Å². The fourth-order valence-corrected chi connectivity index (χ4v) is 2.23. The lowest BCUT2D eigenvalue weighted by Gasteiger charge is -2.31. The van der Waals surface area contributed by atoms with Gasteiger partial charge in [-0.3, -0.25) is 4.79 Å². The average molecular weight is 249 g/mol. The van der Waals surface area contributed by atoms with Crippen LogP contribution in [0, 0.1) is 5.92 Å². The molecule has 0 aromatic heterocycles. The third-order valence-corrected chi connectivity index (χ3v) is 3.35. The molecule has 0 heterocycles. The van der Waals surface area contributed by atoms with Gasteiger partial charge in [-0.2, -0.15) is 0 Å². The molecular weight excluding hydrogens is 228 g/mol. The minimum absolute atomic E-state index is 0.0311. The van der Waals surface area contributed by atoms with Crippen LogP contribution in [0.15, 0.2) is 0 Å². The molecule has 0 aromatic carbocycles. The summed E-state index contributed by atoms with van der Waals surface area (Å²) in [6.07, 6.45) is 0.743. The molecular formula is C12H21F2NO2. The van der Waals surface area contributed by atoms with E-state index in [-0.39, 0.29) is 44.1 Å². The van der Waals surface area contributed by atoms with Gasteiger partial charge in [0.1, 0.15) is 0 Å². The third-order valence-electron chi connectivity index (χ3n) is 3.35. The minimum atomic E-state index is -2.58. The molecule has 1 rings (SSSR count). The first-order valence-corrected chi connectivity index (χ1v) is 6.27. The van der Waals surface area contributed by atoms with E-state index in [0.29, 0.717) is 19.5 Å². The number of aliphatic hydroxyl groups excluding tert-OH is 1. The van der Waals surface area contributed by atoms with E-state index in [0.717, 1.165) is 0 Å². The maximum Gasteiger partial charge on any atom is 0.248 e. The van der Waals surface area contributed by atoms with Gasteiger partial charge in [0.15, 0.2) is 0 Å². The first kappa shape index (κ1) is 14.4. The van der Waals surface area contributed by atoms with Crippen molar-refractivity contribution in [1.82, 2.24) is 4.90 Å². The zero-order chi connectivity index (χ0) is 12.9. The summed E-state index contributed by atoms with van der Waals surface area (Å²) in [7, 11) is 0. The summed E-state index contributed by atoms with van der Waals surface area (Å²) in [4.78, 5) is 13.7. The Balaban J connectivity index is 2.46. The Morgan fingerprint density at radius 3 is 2.47 bits per heavy atom. The zero-order valence-corrected chi connectivity index (χ0v) is 10.3. The Kier molecular flexibility index (Phi) is 5.31. The second-order valence-corrected chi connectivity index (χ2v) is 4.63. The van der Waals surface area contributed by atoms with Crippen molar-refractivity contribution in [3.05, 3.63) is 0 Å². The van der Waals surface area contributed by atoms with Crippen LogP contribution in [-0.2, 0) is 4.79 Å². The number of rotatable bonds is 5. The van der Waals surface area contributed by atoms with Crippen molar-refractivity contribution in [2.24, 2.45) is 5.92 Å². The molecule has 1 amide bonds. The van der Waals surface area contributed by atoms with E-state index in [4.69, 9.17) is 5.11 Å². The molecule has 3 nitrogen and oxygen atoms in total. The first-order valence-electron chi connectivity index (χ1n) is 6.27. The predicted octanol–water partition coefficient (Wildman–Crippen LogP) is 2.04. The summed E-state index contributed by atoms with van der Waals surface area (Å²) in [6.45, 7) is 3.00. The van der Waals surface area contributed by atoms with E-state index in [9.17, 15) is 13.6 Å². The largest absolute Gasteiger partial charge is 0.396 e. The number of amides is 1. The summed E-state index contributed by atoms with van der Waals surface area (Å²) in [5, 5.41) is 8.73. The molecule has 0 bridgehead atoms. The van der Waals surface area contributed by atoms with Crippen LogP contribution in [0.3, 0.4) is 0 Å². The van der Waals surface area contributed by atoms with Gasteiger partial charge in [-0.1, -0.05) is 0 Å². The summed E-state index contributed by atoms with van der Waals surface area (Å²) in [5.74, 6) is -2.87. The van der Waals surface area contributed by atoms with Crippen molar-refractivity contribution in [3.8, 4) is 0 Å². The fraction of sp³-hybridized carbons (Fsp3) is 0.917. The molecule has 0 spiro atoms. The normalized spacial score (nSPS) is 20.2. The molecule has 0 atom stereocenters. The highest BCUT2D eigenvalue weighted by atomic mass is 19.3. The predicted molar refractivity (Wildman–Crippen MR) is 60.9 cm³/mol. The van der Waals surface area contributed by atoms with Crippen LogP contribution >= 0.6 is 0 Å². The Morgan fingerprint density at radius 2 is 2.00 bits per heavy atom. The van der Waals surface area contributed by atoms with E-state index >= 15 is 0 Å². The van der Waals surface area contributed by atoms with E-state index < -0.39 is 5.92 Å². The molecule has 1 aliphatic carbocycles. The van der Waals surface area contributed by atoms with Crippen LogP contribution < -0.4 is 0 Å². The summed E-state index contributed by atoms with van der Waals surface area (Å²) < 4.78 is 25.9. The maximum absolute atomic E-state index is 13.0. The maximum atomic E-state index is 13.0. The highest BCUT2D eigenvalue weighted by Crippen LogP contribution is 2.36. The molecule has 0 aliphatic heterocycles. The third kappa shape index (κ3) is 4.22. The number of hydrogen-bond donors (Lipinski definition) is 1. The van der Waals surface area contributed by atoms with Crippen LogP contribution in [0.2, 0.25) is 0 Å². The van der Waals surface area contributed by atoms with Gasteiger partial charge in [-0.25, -0.2) is 8.78 Å². The van der Waals surface area contributed by atoms with Crippen molar-refractivity contribution in [3.63, 3.8) is 0 Å². The number of halogens is 2. The van der Waals surface area contributed by atoms with Gasteiger partial charge in [0.25, 0.3) is 0 Å². The van der Waals surface area contributed by atoms with Crippen molar-refractivity contribution in [1.29, 1.82) is 0 Å². The van der Waals surface area contributed by atoms with E-state index in [2.05, 4.69) is 0 Å². The quantitative estimate of drug-likeness (QED) is 0.810. The van der Waals surface area contributed by atoms with E-state index in [1.807, 2.05) is 6.92 Å². The molecule has 1 saturated carbocycles. The monoisotopic (exact) mass is 249 g/mol. The van der Waals surface area contributed by atoms with Crippen molar-refractivity contribution in [2.75, 3.05) is 19.7 Å². The topological polar surface area (TPSA) is 40.5 Å². The standard InChI is InChI=1S/C12H21F2NO2/c1-2-15(8-3-9-16)11(17)10-4-6-12(13,14)7-5-10/h10,16H,2-9H2,1H3. The number of hydrogen-bond acceptors (Lipinski definition) is 2. The molecule has 17 heavy (non-hydrogen) atoms. The molecule has 0 aromatic rings. The van der Waals surface area contributed by atoms with Crippen molar-refractivity contribution >= 4 is 5.91 Å². The lowest BCUT2D eigenvalue weighted by Crippen LogP contribution is -2.40. The van der Waals surface area contributed by atoms with Crippen LogP contribution in [0.5, 0.6) is 0 Å². The number of alkyl halides is 2. The first-order chi connectivity index (χ1) is 8.00. The molecule has 1 fully saturated rings. The molecule has 5 heteroatoms. The highest BCUT2D eigenvalue weighted by Gasteiger charge is 2.38. The number of nitrogens with zero attached hydrogens (tertiary/aromatic N) is 1. The summed E-state index contributed by atoms with van der Waals surface area (Å²) in [5.41, 5.74) is 0. The van der Waals surface area contributed by atoms with E-state index in [1.54, 1.807) is 4.90 Å². The SMILES string of the molecule is CCN(CCCO)C(=O)C1CCC(F)(F)CC1. The van der Waals surface area contributed by atoms with Gasteiger partial charge in [0.2, 0.25) is 11.8 Å². The van der Waals surface area contributed by atoms with Gasteiger partial charge < -0.3 is 10.0 Å². The Bertz CT molecular complexity index is 249. The summed E-state index contributed by atoms with van der Waals surface area (Å²) >= 11 is 0. The Labute approximate surface area is 101 Å². The Morgan fingerprint density at radius 1 is 1.41 bits per heavy atom. The van der Waals surface area contributed by atoms with Crippen molar-refractivity contribution in [2.45, 2.75) is 45.0 Å². The van der Waals surface area contributed by atoms with Crippen LogP contribution in [0.25, 0.3) is 0 Å². The number of carbonyl (C=O) groups excluding carboxylic acids is 1. The fourth-order valence-electron chi connectivity index (χ4n) is 2.23. The molecule has 1 aliphatic rings. The molecule has 0 unspecified atom stereocenters. The molecule has 1 N–H and O–H groups in total. The lowest BCUT2D eigenvalue weighted by molar-refractivity contribution is -0.139. The van der Waals surface area contributed by atoms with Gasteiger partial charge in [0, 0.05) is 38.5 Å². The average Bonchev–Trinajstić information content (AvgIpc) is 2.29. The lowest BCUT2D eigenvalue weighted by atomic mass is 9.86. The van der Waals surface area contributed by atoms with Gasteiger partial charge in [-0.05, 0) is 26.2 Å². The van der Waals surface area contributed by atoms with E-state index in [1.165, 1.54) is 0 Å². The smallest absolute Gasteiger partial charge is 0.248 e. The highest BCUT2D eigenvalue weighted by molar-refractivity contribution is 5.78. The van der Waals surface area contributed by atoms with Crippen LogP contribution in [-0.4, -0.2) is 41.5 Å². The van der Waals surface area contributed by atoms with Gasteiger partial charge >= 0.3 is 0 Å². The van der Waals surface area contributed by atoms with Gasteiger partial charge in [-0.15, -0.1) is 0 Å². The second kappa shape index (κ2) is 6.28. The minimum Gasteiger partial charge on any atom is -0.396 e. The van der Waals surface area contributed by atoms with Gasteiger partial charge in [0.05, 0.1) is 0 Å². The molecule has 0 saturated heterocycles. The second-order valence-electron chi connectivity index (χ2n) is 4.63. The Hall–Kier alpha value is -0.710.